The van der Waals surface area contributed by atoms with E-state index in [9.17, 15) is 4.79 Å². The summed E-state index contributed by atoms with van der Waals surface area (Å²) < 4.78 is 0. The molecule has 4 aromatic rings. The molecular formula is C21H17N5OS. The van der Waals surface area contributed by atoms with Crippen molar-refractivity contribution in [2.24, 2.45) is 0 Å². The predicted octanol–water partition coefficient (Wildman–Crippen LogP) is 4.75. The summed E-state index contributed by atoms with van der Waals surface area (Å²) in [6, 6.07) is 17.0. The normalized spacial score (nSPS) is 11.7. The van der Waals surface area contributed by atoms with Crippen LogP contribution < -0.4 is 10.6 Å². The maximum Gasteiger partial charge on any atom is 0.264 e. The van der Waals surface area contributed by atoms with Crippen LogP contribution >= 0.6 is 11.3 Å². The van der Waals surface area contributed by atoms with Gasteiger partial charge in [-0.1, -0.05) is 30.3 Å². The Bertz CT molecular complexity index is 1140. The number of carbonyl (C=O) groups is 1. The first-order valence-corrected chi connectivity index (χ1v) is 9.63. The Hall–Kier alpha value is -3.63. The minimum atomic E-state index is -0.356. The third kappa shape index (κ3) is 3.59. The van der Waals surface area contributed by atoms with Crippen LogP contribution in [-0.4, -0.2) is 15.9 Å². The lowest BCUT2D eigenvalue weighted by Crippen LogP contribution is -2.28. The van der Waals surface area contributed by atoms with Crippen LogP contribution in [-0.2, 0) is 0 Å². The van der Waals surface area contributed by atoms with Crippen molar-refractivity contribution in [1.82, 2.24) is 15.3 Å². The predicted molar refractivity (Wildman–Crippen MR) is 111 cm³/mol. The average Bonchev–Trinajstić information content (AvgIpc) is 3.38. The number of benzene rings is 1. The van der Waals surface area contributed by atoms with E-state index in [1.807, 2.05) is 60.1 Å². The molecule has 0 saturated carbocycles. The first kappa shape index (κ1) is 17.8. The Balaban J connectivity index is 1.57. The van der Waals surface area contributed by atoms with E-state index in [1.165, 1.54) is 11.3 Å². The minimum Gasteiger partial charge on any atom is -0.354 e. The van der Waals surface area contributed by atoms with Gasteiger partial charge in [0.1, 0.15) is 10.5 Å². The molecule has 6 nitrogen and oxygen atoms in total. The van der Waals surface area contributed by atoms with Crippen LogP contribution in [0.15, 0.2) is 66.3 Å². The zero-order chi connectivity index (χ0) is 19.3. The Morgan fingerprint density at radius 2 is 2.04 bits per heavy atom. The number of carbonyl (C=O) groups excluding carboxylic acids is 1. The number of nitriles is 1. The smallest absolute Gasteiger partial charge is 0.264 e. The van der Waals surface area contributed by atoms with Crippen LogP contribution in [0.5, 0.6) is 0 Å². The molecule has 0 bridgehead atoms. The second kappa shape index (κ2) is 7.94. The number of anilines is 2. The molecule has 3 N–H and O–H groups in total. The molecule has 3 aromatic heterocycles. The Morgan fingerprint density at radius 3 is 2.86 bits per heavy atom. The topological polar surface area (TPSA) is 93.6 Å². The van der Waals surface area contributed by atoms with E-state index in [0.717, 1.165) is 28.0 Å². The van der Waals surface area contributed by atoms with E-state index in [2.05, 4.69) is 26.7 Å². The summed E-state index contributed by atoms with van der Waals surface area (Å²) in [5.74, 6) is -0.207. The SMILES string of the molecule is N#CCC(NC(=O)c1sccc1Nc1ccnc2[nH]ccc12)c1ccccc1. The summed E-state index contributed by atoms with van der Waals surface area (Å²) in [7, 11) is 0. The number of aromatic amines is 1. The molecule has 1 amide bonds. The second-order valence-electron chi connectivity index (χ2n) is 6.19. The number of amides is 1. The van der Waals surface area contributed by atoms with Crippen molar-refractivity contribution in [3.8, 4) is 6.07 Å². The highest BCUT2D eigenvalue weighted by Gasteiger charge is 2.19. The van der Waals surface area contributed by atoms with Gasteiger partial charge in [-0.05, 0) is 29.1 Å². The monoisotopic (exact) mass is 387 g/mol. The maximum absolute atomic E-state index is 12.9. The summed E-state index contributed by atoms with van der Waals surface area (Å²) in [4.78, 5) is 20.8. The van der Waals surface area contributed by atoms with E-state index in [-0.39, 0.29) is 18.4 Å². The van der Waals surface area contributed by atoms with Gasteiger partial charge in [-0.3, -0.25) is 4.79 Å². The van der Waals surface area contributed by atoms with Crippen molar-refractivity contribution in [3.63, 3.8) is 0 Å². The second-order valence-corrected chi connectivity index (χ2v) is 7.10. The third-order valence-electron chi connectivity index (χ3n) is 4.40. The lowest BCUT2D eigenvalue weighted by atomic mass is 10.0. The van der Waals surface area contributed by atoms with Crippen molar-refractivity contribution in [3.05, 3.63) is 76.7 Å². The van der Waals surface area contributed by atoms with Crippen LogP contribution in [0.1, 0.15) is 27.7 Å². The Kier molecular flexibility index (Phi) is 5.04. The van der Waals surface area contributed by atoms with Crippen LogP contribution in [0, 0.1) is 11.3 Å². The molecule has 7 heteroatoms. The van der Waals surface area contributed by atoms with Gasteiger partial charge in [0.25, 0.3) is 5.91 Å². The van der Waals surface area contributed by atoms with E-state index >= 15 is 0 Å². The fourth-order valence-corrected chi connectivity index (χ4v) is 3.80. The van der Waals surface area contributed by atoms with Gasteiger partial charge in [0.15, 0.2) is 0 Å². The van der Waals surface area contributed by atoms with Crippen LogP contribution in [0.3, 0.4) is 0 Å². The molecule has 1 atom stereocenters. The van der Waals surface area contributed by atoms with E-state index in [4.69, 9.17) is 5.26 Å². The van der Waals surface area contributed by atoms with Gasteiger partial charge >= 0.3 is 0 Å². The van der Waals surface area contributed by atoms with Gasteiger partial charge < -0.3 is 15.6 Å². The van der Waals surface area contributed by atoms with Gasteiger partial charge in [0.2, 0.25) is 0 Å². The van der Waals surface area contributed by atoms with Crippen LogP contribution in [0.25, 0.3) is 11.0 Å². The molecule has 0 radical (unpaired) electrons. The number of nitrogens with one attached hydrogen (secondary N) is 3. The largest absolute Gasteiger partial charge is 0.354 e. The molecule has 0 spiro atoms. The van der Waals surface area contributed by atoms with Crippen molar-refractivity contribution < 1.29 is 4.79 Å². The summed E-state index contributed by atoms with van der Waals surface area (Å²) in [5, 5.41) is 18.3. The van der Waals surface area contributed by atoms with Crippen LogP contribution in [0.2, 0.25) is 0 Å². The molecular weight excluding hydrogens is 370 g/mol. The molecule has 0 saturated heterocycles. The highest BCUT2D eigenvalue weighted by Crippen LogP contribution is 2.30. The number of nitrogens with zero attached hydrogens (tertiary/aromatic N) is 2. The Labute approximate surface area is 165 Å². The summed E-state index contributed by atoms with van der Waals surface area (Å²) in [5.41, 5.74) is 3.28. The molecule has 0 aliphatic carbocycles. The lowest BCUT2D eigenvalue weighted by molar-refractivity contribution is 0.0942. The van der Waals surface area contributed by atoms with Crippen molar-refractivity contribution in [1.29, 1.82) is 5.26 Å². The highest BCUT2D eigenvalue weighted by molar-refractivity contribution is 7.12. The Morgan fingerprint density at radius 1 is 1.18 bits per heavy atom. The van der Waals surface area contributed by atoms with Gasteiger partial charge in [-0.25, -0.2) is 4.98 Å². The van der Waals surface area contributed by atoms with Crippen molar-refractivity contribution in [2.75, 3.05) is 5.32 Å². The number of hydrogen-bond donors (Lipinski definition) is 3. The molecule has 28 heavy (non-hydrogen) atoms. The molecule has 1 unspecified atom stereocenters. The number of pyridine rings is 1. The fourth-order valence-electron chi connectivity index (χ4n) is 3.05. The maximum atomic E-state index is 12.9. The van der Waals surface area contributed by atoms with E-state index in [0.29, 0.717) is 4.88 Å². The fraction of sp³-hybridized carbons (Fsp3) is 0.0952. The molecule has 4 rings (SSSR count). The van der Waals surface area contributed by atoms with Gasteiger partial charge in [0.05, 0.1) is 29.9 Å². The minimum absolute atomic E-state index is 0.207. The number of fused-ring (bicyclic) bond motifs is 1. The zero-order valence-electron chi connectivity index (χ0n) is 14.8. The van der Waals surface area contributed by atoms with Crippen LogP contribution in [0.4, 0.5) is 11.4 Å². The van der Waals surface area contributed by atoms with E-state index in [1.54, 1.807) is 6.20 Å². The third-order valence-corrected chi connectivity index (χ3v) is 5.32. The zero-order valence-corrected chi connectivity index (χ0v) is 15.7. The standard InChI is InChI=1S/C21H17N5OS/c22-10-6-16(14-4-2-1-3-5-14)26-21(27)19-18(9-13-28-19)25-17-8-12-24-20-15(17)7-11-23-20/h1-5,7-9,11-13,16H,6H2,(H,26,27)(H2,23,24,25). The molecule has 3 heterocycles. The quantitative estimate of drug-likeness (QED) is 0.445. The van der Waals surface area contributed by atoms with Gasteiger partial charge in [-0.15, -0.1) is 11.3 Å². The molecule has 1 aromatic carbocycles. The average molecular weight is 387 g/mol. The number of thiophene rings is 1. The van der Waals surface area contributed by atoms with Crippen molar-refractivity contribution >= 4 is 39.7 Å². The number of hydrogen-bond acceptors (Lipinski definition) is 5. The van der Waals surface area contributed by atoms with Gasteiger partial charge in [-0.2, -0.15) is 5.26 Å². The van der Waals surface area contributed by atoms with E-state index < -0.39 is 0 Å². The summed E-state index contributed by atoms with van der Waals surface area (Å²) in [6.45, 7) is 0. The number of aromatic nitrogens is 2. The molecule has 0 aliphatic heterocycles. The first-order valence-electron chi connectivity index (χ1n) is 8.75. The molecule has 0 aliphatic rings. The van der Waals surface area contributed by atoms with Gasteiger partial charge in [0, 0.05) is 17.8 Å². The summed E-state index contributed by atoms with van der Waals surface area (Å²) in [6.07, 6.45) is 3.75. The highest BCUT2D eigenvalue weighted by atomic mass is 32.1. The first-order chi connectivity index (χ1) is 13.8. The summed E-state index contributed by atoms with van der Waals surface area (Å²) >= 11 is 1.36. The lowest BCUT2D eigenvalue weighted by Gasteiger charge is -2.17. The number of rotatable bonds is 6. The van der Waals surface area contributed by atoms with Crippen molar-refractivity contribution in [2.45, 2.75) is 12.5 Å². The molecule has 138 valence electrons. The molecule has 0 fully saturated rings. The number of H-pyrrole nitrogens is 1.